The second kappa shape index (κ2) is 9.31. The van der Waals surface area contributed by atoms with E-state index in [2.05, 4.69) is 15.9 Å². The van der Waals surface area contributed by atoms with E-state index in [0.29, 0.717) is 16.2 Å². The summed E-state index contributed by atoms with van der Waals surface area (Å²) >= 11 is 4.79. The van der Waals surface area contributed by atoms with Gasteiger partial charge in [-0.2, -0.15) is 0 Å². The maximum absolute atomic E-state index is 17.4. The number of hydrogen-bond donors (Lipinski definition) is 1. The van der Waals surface area contributed by atoms with Gasteiger partial charge in [0, 0.05) is 27.1 Å². The third-order valence-electron chi connectivity index (χ3n) is 9.71. The summed E-state index contributed by atoms with van der Waals surface area (Å²) in [5.41, 5.74) is -7.10. The van der Waals surface area contributed by atoms with E-state index < -0.39 is 75.0 Å². The van der Waals surface area contributed by atoms with Crippen molar-refractivity contribution in [1.82, 2.24) is 0 Å². The van der Waals surface area contributed by atoms with Crippen LogP contribution in [0.25, 0.3) is 0 Å². The average Bonchev–Trinajstić information content (AvgIpc) is 3.37. The zero-order valence-electron chi connectivity index (χ0n) is 21.0. The SMILES string of the molecule is C[C@@H]1C[C@H]2[C@@H]3C[C@H](F)C4=CC(=O)C=C[C@]4(C)[C@@]3(F)[C@@H](O)C[C@]2(C)[C@@]1(OC(=O)c1sccc1Br)C(=O)SCF. The predicted molar refractivity (Wildman–Crippen MR) is 142 cm³/mol. The average molecular weight is 634 g/mol. The van der Waals surface area contributed by atoms with Crippen molar-refractivity contribution in [2.24, 2.45) is 28.6 Å². The summed E-state index contributed by atoms with van der Waals surface area (Å²) in [4.78, 5) is 39.3. The summed E-state index contributed by atoms with van der Waals surface area (Å²) in [7, 11) is 0. The van der Waals surface area contributed by atoms with Gasteiger partial charge in [-0.1, -0.05) is 19.9 Å². The van der Waals surface area contributed by atoms with Crippen LogP contribution in [0, 0.1) is 28.6 Å². The number of thiophene rings is 1. The van der Waals surface area contributed by atoms with Crippen LogP contribution in [0.3, 0.4) is 0 Å². The van der Waals surface area contributed by atoms with Crippen LogP contribution in [0.2, 0.25) is 0 Å². The van der Waals surface area contributed by atoms with Crippen molar-refractivity contribution >= 4 is 55.9 Å². The first-order chi connectivity index (χ1) is 17.8. The van der Waals surface area contributed by atoms with Gasteiger partial charge < -0.3 is 9.84 Å². The molecule has 5 rings (SSSR count). The first kappa shape index (κ1) is 28.1. The first-order valence-corrected chi connectivity index (χ1v) is 15.1. The van der Waals surface area contributed by atoms with Crippen LogP contribution in [-0.4, -0.2) is 51.5 Å². The molecular weight excluding hydrogens is 605 g/mol. The molecular formula is C27H28BrF3O5S2. The normalized spacial score (nSPS) is 43.6. The molecule has 1 N–H and O–H groups in total. The minimum absolute atomic E-state index is 0.00162. The Hall–Kier alpha value is -1.43. The van der Waals surface area contributed by atoms with Crippen LogP contribution in [0.4, 0.5) is 13.2 Å². The van der Waals surface area contributed by atoms with E-state index in [4.69, 9.17) is 4.74 Å². The highest BCUT2D eigenvalue weighted by Crippen LogP contribution is 2.72. The van der Waals surface area contributed by atoms with Gasteiger partial charge in [0.05, 0.1) is 6.10 Å². The lowest BCUT2D eigenvalue weighted by atomic mass is 9.44. The molecule has 5 nitrogen and oxygen atoms in total. The number of rotatable bonds is 4. The Labute approximate surface area is 235 Å². The minimum atomic E-state index is -2.34. The molecule has 0 bridgehead atoms. The van der Waals surface area contributed by atoms with Crippen molar-refractivity contribution in [3.63, 3.8) is 0 Å². The number of carbonyl (C=O) groups is 3. The molecule has 11 heteroatoms. The number of allylic oxidation sites excluding steroid dienone is 4. The van der Waals surface area contributed by atoms with Crippen molar-refractivity contribution in [2.45, 2.75) is 63.6 Å². The van der Waals surface area contributed by atoms with Crippen LogP contribution in [0.15, 0.2) is 39.7 Å². The quantitative estimate of drug-likeness (QED) is 0.401. The van der Waals surface area contributed by atoms with Gasteiger partial charge in [0.15, 0.2) is 17.1 Å². The van der Waals surface area contributed by atoms with E-state index >= 15 is 8.78 Å². The summed E-state index contributed by atoms with van der Waals surface area (Å²) in [5, 5.41) is 12.5. The molecule has 1 aromatic heterocycles. The summed E-state index contributed by atoms with van der Waals surface area (Å²) in [6.45, 7) is 4.86. The number of aliphatic hydroxyl groups excluding tert-OH is 1. The van der Waals surface area contributed by atoms with Crippen LogP contribution in [0.5, 0.6) is 0 Å². The van der Waals surface area contributed by atoms with E-state index in [9.17, 15) is 23.9 Å². The maximum Gasteiger partial charge on any atom is 0.350 e. The van der Waals surface area contributed by atoms with Crippen LogP contribution in [0.1, 0.15) is 49.7 Å². The Morgan fingerprint density at radius 2 is 2.00 bits per heavy atom. The topological polar surface area (TPSA) is 80.7 Å². The molecule has 4 aliphatic carbocycles. The van der Waals surface area contributed by atoms with Gasteiger partial charge in [-0.3, -0.25) is 9.59 Å². The summed E-state index contributed by atoms with van der Waals surface area (Å²) < 4.78 is 53.2. The Morgan fingerprint density at radius 1 is 1.29 bits per heavy atom. The van der Waals surface area contributed by atoms with E-state index in [1.165, 1.54) is 19.1 Å². The number of aliphatic hydroxyl groups is 1. The molecule has 38 heavy (non-hydrogen) atoms. The second-order valence-corrected chi connectivity index (χ2v) is 13.9. The zero-order chi connectivity index (χ0) is 27.8. The lowest BCUT2D eigenvalue weighted by Gasteiger charge is -2.63. The highest BCUT2D eigenvalue weighted by Gasteiger charge is 2.78. The maximum atomic E-state index is 17.4. The molecule has 4 aliphatic rings. The van der Waals surface area contributed by atoms with E-state index in [1.807, 2.05) is 0 Å². The molecule has 0 aromatic carbocycles. The molecule has 0 spiro atoms. The van der Waals surface area contributed by atoms with Gasteiger partial charge in [-0.15, -0.1) is 11.3 Å². The standard InChI is InChI=1S/C27H28BrF3O5S2/c1-13-8-15-16-10-19(30)17-9-14(32)4-6-24(17,2)26(16,31)20(33)11-25(15,3)27(13,23(35)38-12-29)36-22(34)21-18(28)5-7-37-21/h4-7,9,13,15-16,19-20,33H,8,10-12H2,1-3H3/t13-,15+,16+,19+,20+,24+,25+,26+,27+/m1/s1. The van der Waals surface area contributed by atoms with Gasteiger partial charge in [0.2, 0.25) is 5.12 Å². The van der Waals surface area contributed by atoms with E-state index in [0.717, 1.165) is 17.4 Å². The molecule has 0 radical (unpaired) electrons. The minimum Gasteiger partial charge on any atom is -0.445 e. The van der Waals surface area contributed by atoms with Crippen molar-refractivity contribution in [3.8, 4) is 0 Å². The second-order valence-electron chi connectivity index (χ2n) is 11.3. The van der Waals surface area contributed by atoms with Crippen LogP contribution >= 0.6 is 39.0 Å². The number of alkyl halides is 3. The molecule has 9 atom stereocenters. The lowest BCUT2D eigenvalue weighted by molar-refractivity contribution is -0.221. The fourth-order valence-electron chi connectivity index (χ4n) is 8.01. The molecule has 3 fully saturated rings. The van der Waals surface area contributed by atoms with Crippen LogP contribution < -0.4 is 0 Å². The highest BCUT2D eigenvalue weighted by atomic mass is 79.9. The number of hydrogen-bond acceptors (Lipinski definition) is 7. The fraction of sp³-hybridized carbons (Fsp3) is 0.593. The third-order valence-corrected chi connectivity index (χ3v) is 12.2. The van der Waals surface area contributed by atoms with Crippen molar-refractivity contribution in [2.75, 3.05) is 6.01 Å². The number of thioether (sulfide) groups is 1. The number of ketones is 1. The molecule has 0 saturated heterocycles. The van der Waals surface area contributed by atoms with Crippen molar-refractivity contribution in [1.29, 1.82) is 0 Å². The number of ether oxygens (including phenoxy) is 1. The monoisotopic (exact) mass is 632 g/mol. The van der Waals surface area contributed by atoms with Crippen LogP contribution in [-0.2, 0) is 14.3 Å². The lowest BCUT2D eigenvalue weighted by Crippen LogP contribution is -2.70. The summed E-state index contributed by atoms with van der Waals surface area (Å²) in [6, 6.07) is 0.610. The molecule has 0 amide bonds. The Bertz CT molecular complexity index is 1270. The molecule has 3 saturated carbocycles. The summed E-state index contributed by atoms with van der Waals surface area (Å²) in [5.74, 6) is -3.60. The Morgan fingerprint density at radius 3 is 2.63 bits per heavy atom. The van der Waals surface area contributed by atoms with Gasteiger partial charge in [0.25, 0.3) is 0 Å². The molecule has 0 unspecified atom stereocenters. The molecule has 1 aromatic rings. The number of esters is 1. The van der Waals surface area contributed by atoms with Crippen molar-refractivity contribution < 1.29 is 37.4 Å². The van der Waals surface area contributed by atoms with Gasteiger partial charge >= 0.3 is 5.97 Å². The van der Waals surface area contributed by atoms with E-state index in [-0.39, 0.29) is 29.7 Å². The molecule has 206 valence electrons. The highest BCUT2D eigenvalue weighted by molar-refractivity contribution is 9.10. The molecule has 1 heterocycles. The van der Waals surface area contributed by atoms with Gasteiger partial charge in [0.1, 0.15) is 17.1 Å². The molecule has 0 aliphatic heterocycles. The zero-order valence-corrected chi connectivity index (χ0v) is 24.2. The van der Waals surface area contributed by atoms with E-state index in [1.54, 1.807) is 25.3 Å². The number of halogens is 4. The summed E-state index contributed by atoms with van der Waals surface area (Å²) in [6.07, 6.45) is -0.00448. The predicted octanol–water partition coefficient (Wildman–Crippen LogP) is 6.16. The Kier molecular flexibility index (Phi) is 6.89. The van der Waals surface area contributed by atoms with Gasteiger partial charge in [-0.25, -0.2) is 18.0 Å². The largest absolute Gasteiger partial charge is 0.445 e. The third kappa shape index (κ3) is 3.50. The van der Waals surface area contributed by atoms with Crippen molar-refractivity contribution in [3.05, 3.63) is 44.6 Å². The first-order valence-electron chi connectivity index (χ1n) is 12.4. The number of carbonyl (C=O) groups excluding carboxylic acids is 3. The number of fused-ring (bicyclic) bond motifs is 5. The Balaban J connectivity index is 1.64. The van der Waals surface area contributed by atoms with Gasteiger partial charge in [-0.05, 0) is 89.0 Å². The fourth-order valence-corrected chi connectivity index (χ4v) is 10.2. The smallest absolute Gasteiger partial charge is 0.350 e.